The molecular formula is C12H19NO3. The van der Waals surface area contributed by atoms with E-state index in [0.717, 1.165) is 25.7 Å². The van der Waals surface area contributed by atoms with E-state index in [1.54, 1.807) is 4.90 Å². The molecule has 0 radical (unpaired) electrons. The molecule has 1 aliphatic heterocycles. The van der Waals surface area contributed by atoms with E-state index in [4.69, 9.17) is 5.11 Å². The second kappa shape index (κ2) is 4.07. The van der Waals surface area contributed by atoms with E-state index < -0.39 is 5.97 Å². The van der Waals surface area contributed by atoms with Crippen LogP contribution >= 0.6 is 0 Å². The van der Waals surface area contributed by atoms with Crippen molar-refractivity contribution >= 4 is 11.9 Å². The number of amides is 1. The molecule has 16 heavy (non-hydrogen) atoms. The lowest BCUT2D eigenvalue weighted by Gasteiger charge is -2.43. The van der Waals surface area contributed by atoms with Crippen LogP contribution in [0.25, 0.3) is 0 Å². The molecule has 0 aromatic carbocycles. The summed E-state index contributed by atoms with van der Waals surface area (Å²) >= 11 is 0. The number of carboxylic acid groups (broad SMARTS) is 1. The summed E-state index contributed by atoms with van der Waals surface area (Å²) < 4.78 is 0. The van der Waals surface area contributed by atoms with Crippen LogP contribution in [0.3, 0.4) is 0 Å². The van der Waals surface area contributed by atoms with Crippen molar-refractivity contribution in [1.82, 2.24) is 4.90 Å². The van der Waals surface area contributed by atoms with Crippen molar-refractivity contribution in [1.29, 1.82) is 0 Å². The highest BCUT2D eigenvalue weighted by atomic mass is 16.4. The van der Waals surface area contributed by atoms with Crippen molar-refractivity contribution in [2.24, 2.45) is 11.3 Å². The molecule has 90 valence electrons. The van der Waals surface area contributed by atoms with Crippen molar-refractivity contribution in [2.45, 2.75) is 39.0 Å². The maximum Gasteiger partial charge on any atom is 0.310 e. The number of aliphatic carboxylic acids is 1. The summed E-state index contributed by atoms with van der Waals surface area (Å²) in [6, 6.07) is 0. The van der Waals surface area contributed by atoms with Crippen LogP contribution in [-0.2, 0) is 9.59 Å². The SMILES string of the molecule is CC1(C(=O)N2CC(C(=O)O)C2)CCCCC1. The number of carbonyl (C=O) groups excluding carboxylic acids is 1. The lowest BCUT2D eigenvalue weighted by molar-refractivity contribution is -0.158. The highest BCUT2D eigenvalue weighted by Crippen LogP contribution is 2.38. The van der Waals surface area contributed by atoms with Gasteiger partial charge in [0.1, 0.15) is 0 Å². The first-order valence-corrected chi connectivity index (χ1v) is 6.05. The standard InChI is InChI=1S/C12H19NO3/c1-12(5-3-2-4-6-12)11(16)13-7-9(8-13)10(14)15/h9H,2-8H2,1H3,(H,14,15). The molecule has 0 aromatic rings. The van der Waals surface area contributed by atoms with Crippen LogP contribution in [0.1, 0.15) is 39.0 Å². The number of nitrogens with zero attached hydrogens (tertiary/aromatic N) is 1. The first-order valence-electron chi connectivity index (χ1n) is 6.05. The third-order valence-electron chi connectivity index (χ3n) is 3.99. The largest absolute Gasteiger partial charge is 0.481 e. The molecule has 0 unspecified atom stereocenters. The Bertz CT molecular complexity index is 301. The minimum absolute atomic E-state index is 0.171. The number of carbonyl (C=O) groups is 2. The molecule has 1 saturated carbocycles. The quantitative estimate of drug-likeness (QED) is 0.774. The van der Waals surface area contributed by atoms with Crippen molar-refractivity contribution in [3.8, 4) is 0 Å². The molecule has 1 N–H and O–H groups in total. The van der Waals surface area contributed by atoms with Gasteiger partial charge in [-0.1, -0.05) is 26.2 Å². The van der Waals surface area contributed by atoms with Gasteiger partial charge in [-0.2, -0.15) is 0 Å². The van der Waals surface area contributed by atoms with Crippen LogP contribution in [0.4, 0.5) is 0 Å². The fourth-order valence-corrected chi connectivity index (χ4v) is 2.73. The molecule has 1 heterocycles. The molecule has 2 fully saturated rings. The van der Waals surface area contributed by atoms with E-state index in [9.17, 15) is 9.59 Å². The Labute approximate surface area is 95.6 Å². The molecule has 0 bridgehead atoms. The van der Waals surface area contributed by atoms with Crippen LogP contribution in [0, 0.1) is 11.3 Å². The monoisotopic (exact) mass is 225 g/mol. The van der Waals surface area contributed by atoms with Crippen molar-refractivity contribution in [3.05, 3.63) is 0 Å². The van der Waals surface area contributed by atoms with E-state index >= 15 is 0 Å². The van der Waals surface area contributed by atoms with Gasteiger partial charge in [-0.25, -0.2) is 0 Å². The summed E-state index contributed by atoms with van der Waals surface area (Å²) in [4.78, 5) is 24.6. The Hall–Kier alpha value is -1.06. The maximum atomic E-state index is 12.2. The van der Waals surface area contributed by atoms with Crippen molar-refractivity contribution < 1.29 is 14.7 Å². The maximum absolute atomic E-state index is 12.2. The lowest BCUT2D eigenvalue weighted by Crippen LogP contribution is -2.57. The molecule has 0 spiro atoms. The van der Waals surface area contributed by atoms with Crippen LogP contribution in [0.2, 0.25) is 0 Å². The van der Waals surface area contributed by atoms with Gasteiger partial charge in [0.05, 0.1) is 5.92 Å². The van der Waals surface area contributed by atoms with Crippen molar-refractivity contribution in [2.75, 3.05) is 13.1 Å². The number of likely N-dealkylation sites (tertiary alicyclic amines) is 1. The second-order valence-corrected chi connectivity index (χ2v) is 5.37. The van der Waals surface area contributed by atoms with Crippen LogP contribution in [0.5, 0.6) is 0 Å². The van der Waals surface area contributed by atoms with Gasteiger partial charge in [-0.05, 0) is 12.8 Å². The molecule has 1 amide bonds. The second-order valence-electron chi connectivity index (χ2n) is 5.37. The minimum Gasteiger partial charge on any atom is -0.481 e. The van der Waals surface area contributed by atoms with E-state index in [1.807, 2.05) is 6.92 Å². The smallest absolute Gasteiger partial charge is 0.310 e. The van der Waals surface area contributed by atoms with Gasteiger partial charge in [-0.3, -0.25) is 9.59 Å². The molecule has 4 heteroatoms. The number of rotatable bonds is 2. The summed E-state index contributed by atoms with van der Waals surface area (Å²) in [6.45, 7) is 2.84. The topological polar surface area (TPSA) is 57.6 Å². The highest BCUT2D eigenvalue weighted by Gasteiger charge is 2.43. The van der Waals surface area contributed by atoms with E-state index in [2.05, 4.69) is 0 Å². The van der Waals surface area contributed by atoms with Crippen LogP contribution < -0.4 is 0 Å². The zero-order valence-corrected chi connectivity index (χ0v) is 9.74. The Kier molecular flexibility index (Phi) is 2.91. The summed E-state index contributed by atoms with van der Waals surface area (Å²) in [7, 11) is 0. The molecule has 2 rings (SSSR count). The lowest BCUT2D eigenvalue weighted by atomic mass is 9.74. The van der Waals surface area contributed by atoms with E-state index in [0.29, 0.717) is 13.1 Å². The first-order chi connectivity index (χ1) is 7.53. The average Bonchev–Trinajstić information content (AvgIpc) is 2.15. The van der Waals surface area contributed by atoms with Gasteiger partial charge >= 0.3 is 5.97 Å². The summed E-state index contributed by atoms with van der Waals surface area (Å²) in [5.74, 6) is -0.946. The Morgan fingerprint density at radius 3 is 2.25 bits per heavy atom. The van der Waals surface area contributed by atoms with Gasteiger partial charge < -0.3 is 10.0 Å². The molecular weight excluding hydrogens is 206 g/mol. The Morgan fingerprint density at radius 2 is 1.75 bits per heavy atom. The average molecular weight is 225 g/mol. The zero-order chi connectivity index (χ0) is 11.8. The highest BCUT2D eigenvalue weighted by molar-refractivity contribution is 5.85. The first kappa shape index (κ1) is 11.4. The predicted molar refractivity (Wildman–Crippen MR) is 58.9 cm³/mol. The van der Waals surface area contributed by atoms with Crippen molar-refractivity contribution in [3.63, 3.8) is 0 Å². The third kappa shape index (κ3) is 1.93. The fraction of sp³-hybridized carbons (Fsp3) is 0.833. The normalized spacial score (nSPS) is 24.9. The van der Waals surface area contributed by atoms with Crippen LogP contribution in [-0.4, -0.2) is 35.0 Å². The van der Waals surface area contributed by atoms with Gasteiger partial charge in [0, 0.05) is 18.5 Å². The number of hydrogen-bond acceptors (Lipinski definition) is 2. The third-order valence-corrected chi connectivity index (χ3v) is 3.99. The van der Waals surface area contributed by atoms with Gasteiger partial charge in [-0.15, -0.1) is 0 Å². The Balaban J connectivity index is 1.91. The molecule has 1 aliphatic carbocycles. The van der Waals surface area contributed by atoms with Gasteiger partial charge in [0.15, 0.2) is 0 Å². The molecule has 0 atom stereocenters. The van der Waals surface area contributed by atoms with Gasteiger partial charge in [0.2, 0.25) is 5.91 Å². The number of carboxylic acids is 1. The van der Waals surface area contributed by atoms with E-state index in [-0.39, 0.29) is 17.2 Å². The predicted octanol–water partition coefficient (Wildman–Crippen LogP) is 1.50. The minimum atomic E-state index is -0.780. The Morgan fingerprint density at radius 1 is 1.19 bits per heavy atom. The summed E-state index contributed by atoms with van der Waals surface area (Å²) in [5.41, 5.74) is -0.221. The summed E-state index contributed by atoms with van der Waals surface area (Å²) in [6.07, 6.45) is 5.39. The van der Waals surface area contributed by atoms with Crippen LogP contribution in [0.15, 0.2) is 0 Å². The number of hydrogen-bond donors (Lipinski definition) is 1. The zero-order valence-electron chi connectivity index (χ0n) is 9.74. The van der Waals surface area contributed by atoms with E-state index in [1.165, 1.54) is 6.42 Å². The van der Waals surface area contributed by atoms with Gasteiger partial charge in [0.25, 0.3) is 0 Å². The fourth-order valence-electron chi connectivity index (χ4n) is 2.73. The summed E-state index contributed by atoms with van der Waals surface area (Å²) in [5, 5.41) is 8.77. The molecule has 1 saturated heterocycles. The molecule has 0 aromatic heterocycles. The molecule has 2 aliphatic rings. The molecule has 4 nitrogen and oxygen atoms in total.